The maximum atomic E-state index is 13.4. The van der Waals surface area contributed by atoms with E-state index in [9.17, 15) is 9.59 Å². The van der Waals surface area contributed by atoms with Gasteiger partial charge in [-0.05, 0) is 33.8 Å². The molecule has 0 radical (unpaired) electrons. The Hall–Kier alpha value is -1.90. The number of piperazine rings is 1. The monoisotopic (exact) mass is 466 g/mol. The van der Waals surface area contributed by atoms with Gasteiger partial charge in [0.1, 0.15) is 16.6 Å². The maximum absolute atomic E-state index is 13.4. The number of methoxy groups -OCH3 is 1. The van der Waals surface area contributed by atoms with Crippen molar-refractivity contribution in [1.82, 2.24) is 14.8 Å². The van der Waals surface area contributed by atoms with E-state index in [0.29, 0.717) is 37.2 Å². The third-order valence-corrected chi connectivity index (χ3v) is 6.17. The van der Waals surface area contributed by atoms with E-state index in [4.69, 9.17) is 21.1 Å². The lowest BCUT2D eigenvalue weighted by Crippen LogP contribution is -2.62. The van der Waals surface area contributed by atoms with Gasteiger partial charge in [-0.15, -0.1) is 0 Å². The molecule has 0 unspecified atom stereocenters. The van der Waals surface area contributed by atoms with Gasteiger partial charge in [-0.2, -0.15) is 0 Å². The average Bonchev–Trinajstić information content (AvgIpc) is 2.92. The number of hydrogen-bond acceptors (Lipinski definition) is 6. The second kappa shape index (κ2) is 9.15. The zero-order valence-electron chi connectivity index (χ0n) is 20.1. The molecule has 178 valence electrons. The summed E-state index contributed by atoms with van der Waals surface area (Å²) in [6, 6.07) is 3.51. The molecule has 0 aromatic carbocycles. The Morgan fingerprint density at radius 3 is 2.56 bits per heavy atom. The molecule has 1 aromatic rings. The van der Waals surface area contributed by atoms with Crippen molar-refractivity contribution in [3.63, 3.8) is 0 Å². The van der Waals surface area contributed by atoms with Gasteiger partial charge in [0.05, 0.1) is 19.2 Å². The van der Waals surface area contributed by atoms with E-state index in [-0.39, 0.29) is 36.0 Å². The van der Waals surface area contributed by atoms with Crippen LogP contribution in [0.3, 0.4) is 0 Å². The zero-order valence-corrected chi connectivity index (χ0v) is 20.9. The van der Waals surface area contributed by atoms with Crippen molar-refractivity contribution in [3.8, 4) is 0 Å². The first-order valence-corrected chi connectivity index (χ1v) is 11.4. The number of carbonyl (C=O) groups is 2. The van der Waals surface area contributed by atoms with Gasteiger partial charge in [0.2, 0.25) is 5.91 Å². The Morgan fingerprint density at radius 1 is 1.25 bits per heavy atom. The molecule has 0 N–H and O–H groups in total. The van der Waals surface area contributed by atoms with Crippen LogP contribution in [0.25, 0.3) is 0 Å². The highest BCUT2D eigenvalue weighted by Crippen LogP contribution is 2.40. The molecule has 8 nitrogen and oxygen atoms in total. The van der Waals surface area contributed by atoms with Crippen molar-refractivity contribution in [2.75, 3.05) is 44.8 Å². The van der Waals surface area contributed by atoms with Crippen molar-refractivity contribution in [2.24, 2.45) is 0 Å². The molecule has 9 heteroatoms. The van der Waals surface area contributed by atoms with E-state index in [1.807, 2.05) is 33.8 Å². The normalized spacial score (nSPS) is 23.2. The van der Waals surface area contributed by atoms with Crippen LogP contribution in [0, 0.1) is 0 Å². The number of rotatable bonds is 4. The molecule has 1 saturated heterocycles. The van der Waals surface area contributed by atoms with Gasteiger partial charge < -0.3 is 14.4 Å². The van der Waals surface area contributed by atoms with E-state index in [2.05, 4.69) is 23.7 Å². The molecule has 3 rings (SSSR count). The molecule has 32 heavy (non-hydrogen) atoms. The molecule has 0 spiro atoms. The van der Waals surface area contributed by atoms with Crippen molar-refractivity contribution in [3.05, 3.63) is 22.8 Å². The lowest BCUT2D eigenvalue weighted by Gasteiger charge is -2.45. The first-order valence-electron chi connectivity index (χ1n) is 11.0. The van der Waals surface area contributed by atoms with Crippen molar-refractivity contribution >= 4 is 29.4 Å². The van der Waals surface area contributed by atoms with Crippen LogP contribution in [0.5, 0.6) is 0 Å². The molecule has 0 saturated carbocycles. The van der Waals surface area contributed by atoms with Crippen molar-refractivity contribution < 1.29 is 19.1 Å². The molecule has 0 bridgehead atoms. The number of aromatic nitrogens is 1. The number of carbonyl (C=O) groups excluding carboxylic acids is 2. The highest BCUT2D eigenvalue weighted by atomic mass is 35.5. The van der Waals surface area contributed by atoms with E-state index in [0.717, 1.165) is 5.56 Å². The number of nitrogens with zero attached hydrogens (tertiary/aromatic N) is 4. The fourth-order valence-corrected chi connectivity index (χ4v) is 4.55. The fourth-order valence-electron chi connectivity index (χ4n) is 4.41. The number of fused-ring (bicyclic) bond motifs is 1. The molecular weight excluding hydrogens is 432 g/mol. The summed E-state index contributed by atoms with van der Waals surface area (Å²) in [4.78, 5) is 36.1. The number of anilines is 1. The number of halogens is 1. The Morgan fingerprint density at radius 2 is 1.94 bits per heavy atom. The molecule has 2 amide bonds. The van der Waals surface area contributed by atoms with Crippen LogP contribution in [-0.2, 0) is 19.7 Å². The lowest BCUT2D eigenvalue weighted by molar-refractivity contribution is -0.121. The molecule has 1 fully saturated rings. The second-order valence-electron chi connectivity index (χ2n) is 10.4. The summed E-state index contributed by atoms with van der Waals surface area (Å²) in [5.41, 5.74) is 0.258. The first kappa shape index (κ1) is 24.7. The van der Waals surface area contributed by atoms with Gasteiger partial charge in [-0.1, -0.05) is 31.5 Å². The standard InChI is InChI=1S/C23H35ClN4O4/c1-15-10-26(16(13-31-7)11-27(15)21(30)32-22(2,3)4)12-19(29)28-14-23(5,6)17-8-9-18(24)25-20(17)28/h8-9,15-16H,10-14H2,1-7H3/t15-,16-/m1/s1. The van der Waals surface area contributed by atoms with Crippen LogP contribution in [-0.4, -0.2) is 84.4 Å². The molecule has 2 atom stereocenters. The predicted octanol–water partition coefficient (Wildman–Crippen LogP) is 3.32. The van der Waals surface area contributed by atoms with E-state index in [1.54, 1.807) is 23.0 Å². The predicted molar refractivity (Wildman–Crippen MR) is 124 cm³/mol. The van der Waals surface area contributed by atoms with Crippen LogP contribution in [0.4, 0.5) is 10.6 Å². The summed E-state index contributed by atoms with van der Waals surface area (Å²) in [5, 5.41) is 0.371. The molecule has 2 aliphatic rings. The number of hydrogen-bond donors (Lipinski definition) is 0. The van der Waals surface area contributed by atoms with Gasteiger partial charge >= 0.3 is 6.09 Å². The summed E-state index contributed by atoms with van der Waals surface area (Å²) in [6.07, 6.45) is -0.342. The Bertz CT molecular complexity index is 870. The minimum absolute atomic E-state index is 0.0365. The van der Waals surface area contributed by atoms with Crippen LogP contribution >= 0.6 is 11.6 Å². The summed E-state index contributed by atoms with van der Waals surface area (Å²) in [6.45, 7) is 13.9. The Labute approximate surface area is 195 Å². The highest BCUT2D eigenvalue weighted by molar-refractivity contribution is 6.29. The number of pyridine rings is 1. The second-order valence-corrected chi connectivity index (χ2v) is 10.8. The number of amides is 2. The summed E-state index contributed by atoms with van der Waals surface area (Å²) >= 11 is 6.13. The largest absolute Gasteiger partial charge is 0.444 e. The number of ether oxygens (including phenoxy) is 2. The van der Waals surface area contributed by atoms with Gasteiger partial charge in [-0.25, -0.2) is 9.78 Å². The molecular formula is C23H35ClN4O4. The van der Waals surface area contributed by atoms with Crippen molar-refractivity contribution in [2.45, 2.75) is 64.6 Å². The smallest absolute Gasteiger partial charge is 0.410 e. The zero-order chi connectivity index (χ0) is 23.8. The third-order valence-electron chi connectivity index (χ3n) is 5.96. The Balaban J connectivity index is 1.75. The van der Waals surface area contributed by atoms with E-state index >= 15 is 0 Å². The van der Waals surface area contributed by atoms with Crippen LogP contribution in [0.1, 0.15) is 47.1 Å². The summed E-state index contributed by atoms with van der Waals surface area (Å²) in [5.74, 6) is 0.599. The minimum atomic E-state index is -0.565. The van der Waals surface area contributed by atoms with Crippen molar-refractivity contribution in [1.29, 1.82) is 0 Å². The highest BCUT2D eigenvalue weighted by Gasteiger charge is 2.42. The fraction of sp³-hybridized carbons (Fsp3) is 0.696. The average molecular weight is 467 g/mol. The molecule has 2 aliphatic heterocycles. The van der Waals surface area contributed by atoms with Crippen LogP contribution < -0.4 is 4.90 Å². The maximum Gasteiger partial charge on any atom is 0.410 e. The molecule has 1 aromatic heterocycles. The Kier molecular flexibility index (Phi) is 7.08. The summed E-state index contributed by atoms with van der Waals surface area (Å²) < 4.78 is 11.0. The van der Waals surface area contributed by atoms with Gasteiger partial charge in [-0.3, -0.25) is 14.6 Å². The third kappa shape index (κ3) is 5.35. The van der Waals surface area contributed by atoms with Gasteiger partial charge in [0.25, 0.3) is 0 Å². The van der Waals surface area contributed by atoms with Gasteiger partial charge in [0.15, 0.2) is 0 Å². The quantitative estimate of drug-likeness (QED) is 0.634. The van der Waals surface area contributed by atoms with E-state index < -0.39 is 5.60 Å². The van der Waals surface area contributed by atoms with Gasteiger partial charge in [0, 0.05) is 43.8 Å². The minimum Gasteiger partial charge on any atom is -0.444 e. The SMILES string of the molecule is COC[C@H]1CN(C(=O)OC(C)(C)C)[C@H](C)CN1CC(=O)N1CC(C)(C)c2ccc(Cl)nc21. The van der Waals surface area contributed by atoms with Crippen LogP contribution in [0.2, 0.25) is 5.15 Å². The first-order chi connectivity index (χ1) is 14.8. The topological polar surface area (TPSA) is 75.2 Å². The van der Waals surface area contributed by atoms with E-state index in [1.165, 1.54) is 0 Å². The lowest BCUT2D eigenvalue weighted by atomic mass is 9.88. The van der Waals surface area contributed by atoms with Crippen LogP contribution in [0.15, 0.2) is 12.1 Å². The summed E-state index contributed by atoms with van der Waals surface area (Å²) in [7, 11) is 1.63. The molecule has 0 aliphatic carbocycles. The molecule has 3 heterocycles.